The first-order valence-electron chi connectivity index (χ1n) is 3.91. The van der Waals surface area contributed by atoms with Crippen molar-refractivity contribution in [3.05, 3.63) is 12.3 Å². The fourth-order valence-electron chi connectivity index (χ4n) is 1.22. The van der Waals surface area contributed by atoms with Gasteiger partial charge in [0, 0.05) is 20.1 Å². The van der Waals surface area contributed by atoms with Crippen molar-refractivity contribution >= 4 is 5.91 Å². The molecule has 1 saturated heterocycles. The van der Waals surface area contributed by atoms with Crippen LogP contribution in [0, 0.1) is 0 Å². The lowest BCUT2D eigenvalue weighted by atomic mass is 10.4. The van der Waals surface area contributed by atoms with E-state index in [-0.39, 0.29) is 5.91 Å². The highest BCUT2D eigenvalue weighted by atomic mass is 16.2. The summed E-state index contributed by atoms with van der Waals surface area (Å²) in [5.74, 6) is 0.0463. The zero-order valence-electron chi connectivity index (χ0n) is 6.89. The molecule has 1 heterocycles. The van der Waals surface area contributed by atoms with Crippen molar-refractivity contribution in [2.45, 2.75) is 12.8 Å². The molecule has 1 aliphatic rings. The Bertz CT molecular complexity index is 171. The monoisotopic (exact) mass is 154 g/mol. The highest BCUT2D eigenvalue weighted by Gasteiger charge is 2.18. The van der Waals surface area contributed by atoms with E-state index in [9.17, 15) is 4.79 Å². The Morgan fingerprint density at radius 1 is 1.45 bits per heavy atom. The summed E-state index contributed by atoms with van der Waals surface area (Å²) in [5.41, 5.74) is 0.493. The van der Waals surface area contributed by atoms with E-state index in [1.165, 1.54) is 0 Å². The molecule has 0 unspecified atom stereocenters. The predicted molar refractivity (Wildman–Crippen MR) is 44.0 cm³/mol. The summed E-state index contributed by atoms with van der Waals surface area (Å²) in [7, 11) is 1.72. The van der Waals surface area contributed by atoms with Gasteiger partial charge in [-0.05, 0) is 12.8 Å². The molecule has 0 saturated carbocycles. The molecule has 0 aromatic carbocycles. The fourth-order valence-corrected chi connectivity index (χ4v) is 1.22. The first kappa shape index (κ1) is 8.11. The van der Waals surface area contributed by atoms with E-state index in [0.29, 0.717) is 5.70 Å². The lowest BCUT2D eigenvalue weighted by Gasteiger charge is -2.15. The van der Waals surface area contributed by atoms with Gasteiger partial charge < -0.3 is 10.2 Å². The molecule has 11 heavy (non-hydrogen) atoms. The van der Waals surface area contributed by atoms with Crippen LogP contribution in [0.5, 0.6) is 0 Å². The zero-order valence-corrected chi connectivity index (χ0v) is 6.89. The molecule has 3 nitrogen and oxygen atoms in total. The molecule has 1 fully saturated rings. The molecule has 1 amide bonds. The molecular formula is C8H14N2O. The smallest absolute Gasteiger partial charge is 0.269 e. The van der Waals surface area contributed by atoms with E-state index in [4.69, 9.17) is 0 Å². The van der Waals surface area contributed by atoms with Crippen LogP contribution in [0.2, 0.25) is 0 Å². The Balaban J connectivity index is 2.46. The Kier molecular flexibility index (Phi) is 2.52. The van der Waals surface area contributed by atoms with Crippen LogP contribution in [-0.2, 0) is 4.79 Å². The van der Waals surface area contributed by atoms with Crippen LogP contribution < -0.4 is 5.32 Å². The minimum absolute atomic E-state index is 0.0463. The van der Waals surface area contributed by atoms with Crippen molar-refractivity contribution in [3.8, 4) is 0 Å². The lowest BCUT2D eigenvalue weighted by Crippen LogP contribution is -2.32. The van der Waals surface area contributed by atoms with E-state index < -0.39 is 0 Å². The molecule has 0 atom stereocenters. The van der Waals surface area contributed by atoms with Crippen molar-refractivity contribution in [2.24, 2.45) is 0 Å². The number of hydrogen-bond donors (Lipinski definition) is 1. The van der Waals surface area contributed by atoms with Gasteiger partial charge in [-0.1, -0.05) is 6.58 Å². The van der Waals surface area contributed by atoms with Crippen LogP contribution in [0.3, 0.4) is 0 Å². The molecule has 1 aliphatic heterocycles. The number of rotatable bonds is 2. The average Bonchev–Trinajstić information content (AvgIpc) is 2.53. The number of carbonyl (C=O) groups excluding carboxylic acids is 1. The maximum absolute atomic E-state index is 11.3. The van der Waals surface area contributed by atoms with Gasteiger partial charge in [0.25, 0.3) is 5.91 Å². The maximum atomic E-state index is 11.3. The van der Waals surface area contributed by atoms with Gasteiger partial charge in [-0.3, -0.25) is 4.79 Å². The van der Waals surface area contributed by atoms with E-state index in [0.717, 1.165) is 25.9 Å². The van der Waals surface area contributed by atoms with Crippen LogP contribution in [0.25, 0.3) is 0 Å². The van der Waals surface area contributed by atoms with Gasteiger partial charge >= 0.3 is 0 Å². The third-order valence-corrected chi connectivity index (χ3v) is 1.95. The molecule has 0 radical (unpaired) electrons. The van der Waals surface area contributed by atoms with E-state index >= 15 is 0 Å². The largest absolute Gasteiger partial charge is 0.384 e. The molecule has 1 rings (SSSR count). The normalized spacial score (nSPS) is 16.6. The number of amides is 1. The van der Waals surface area contributed by atoms with Gasteiger partial charge in [-0.2, -0.15) is 0 Å². The Labute approximate surface area is 67.1 Å². The summed E-state index contributed by atoms with van der Waals surface area (Å²) < 4.78 is 0. The predicted octanol–water partition coefficient (Wildman–Crippen LogP) is 0.342. The lowest BCUT2D eigenvalue weighted by molar-refractivity contribution is -0.126. The van der Waals surface area contributed by atoms with Crippen molar-refractivity contribution in [2.75, 3.05) is 20.1 Å². The van der Waals surface area contributed by atoms with Crippen LogP contribution in [0.1, 0.15) is 12.8 Å². The SMILES string of the molecule is C=C(NC)C(=O)N1CCCC1. The van der Waals surface area contributed by atoms with E-state index in [2.05, 4.69) is 11.9 Å². The first-order chi connectivity index (χ1) is 5.25. The summed E-state index contributed by atoms with van der Waals surface area (Å²) in [4.78, 5) is 13.2. The molecule has 62 valence electrons. The summed E-state index contributed by atoms with van der Waals surface area (Å²) in [6.45, 7) is 5.39. The average molecular weight is 154 g/mol. The quantitative estimate of drug-likeness (QED) is 0.582. The van der Waals surface area contributed by atoms with Gasteiger partial charge in [-0.15, -0.1) is 0 Å². The van der Waals surface area contributed by atoms with Gasteiger partial charge in [0.1, 0.15) is 0 Å². The fraction of sp³-hybridized carbons (Fsp3) is 0.625. The van der Waals surface area contributed by atoms with Crippen LogP contribution in [0.15, 0.2) is 12.3 Å². The van der Waals surface area contributed by atoms with Crippen LogP contribution >= 0.6 is 0 Å². The molecule has 0 aromatic heterocycles. The Morgan fingerprint density at radius 2 is 2.00 bits per heavy atom. The van der Waals surface area contributed by atoms with Crippen molar-refractivity contribution < 1.29 is 4.79 Å². The third kappa shape index (κ3) is 1.73. The Hall–Kier alpha value is -0.990. The first-order valence-corrected chi connectivity index (χ1v) is 3.91. The van der Waals surface area contributed by atoms with Gasteiger partial charge in [-0.25, -0.2) is 0 Å². The summed E-state index contributed by atoms with van der Waals surface area (Å²) >= 11 is 0. The van der Waals surface area contributed by atoms with Crippen molar-refractivity contribution in [3.63, 3.8) is 0 Å². The highest BCUT2D eigenvalue weighted by Crippen LogP contribution is 2.09. The zero-order chi connectivity index (χ0) is 8.27. The number of likely N-dealkylation sites (N-methyl/N-ethyl adjacent to an activating group) is 1. The van der Waals surface area contributed by atoms with Gasteiger partial charge in [0.15, 0.2) is 0 Å². The number of nitrogens with one attached hydrogen (secondary N) is 1. The standard InChI is InChI=1S/C8H14N2O/c1-7(9-2)8(11)10-5-3-4-6-10/h9H,1,3-6H2,2H3. The minimum Gasteiger partial charge on any atom is -0.384 e. The molecule has 0 aromatic rings. The second-order valence-electron chi connectivity index (χ2n) is 2.73. The Morgan fingerprint density at radius 3 is 2.45 bits per heavy atom. The second-order valence-corrected chi connectivity index (χ2v) is 2.73. The number of nitrogens with zero attached hydrogens (tertiary/aromatic N) is 1. The van der Waals surface area contributed by atoms with E-state index in [1.54, 1.807) is 7.05 Å². The number of hydrogen-bond acceptors (Lipinski definition) is 2. The van der Waals surface area contributed by atoms with E-state index in [1.807, 2.05) is 4.90 Å². The van der Waals surface area contributed by atoms with Crippen molar-refractivity contribution in [1.82, 2.24) is 10.2 Å². The molecular weight excluding hydrogens is 140 g/mol. The third-order valence-electron chi connectivity index (χ3n) is 1.95. The van der Waals surface area contributed by atoms with Crippen molar-refractivity contribution in [1.29, 1.82) is 0 Å². The maximum Gasteiger partial charge on any atom is 0.269 e. The summed E-state index contributed by atoms with van der Waals surface area (Å²) in [6.07, 6.45) is 2.26. The molecule has 0 bridgehead atoms. The molecule has 3 heteroatoms. The molecule has 1 N–H and O–H groups in total. The summed E-state index contributed by atoms with van der Waals surface area (Å²) in [5, 5.41) is 2.76. The number of carbonyl (C=O) groups is 1. The molecule has 0 aliphatic carbocycles. The van der Waals surface area contributed by atoms with Gasteiger partial charge in [0.05, 0.1) is 5.70 Å². The highest BCUT2D eigenvalue weighted by molar-refractivity contribution is 5.92. The number of likely N-dealkylation sites (tertiary alicyclic amines) is 1. The molecule has 0 spiro atoms. The van der Waals surface area contributed by atoms with Gasteiger partial charge in [0.2, 0.25) is 0 Å². The topological polar surface area (TPSA) is 32.3 Å². The minimum atomic E-state index is 0.0463. The summed E-state index contributed by atoms with van der Waals surface area (Å²) in [6, 6.07) is 0. The van der Waals surface area contributed by atoms with Crippen LogP contribution in [0.4, 0.5) is 0 Å². The van der Waals surface area contributed by atoms with Crippen LogP contribution in [-0.4, -0.2) is 30.9 Å². The second kappa shape index (κ2) is 3.42.